The van der Waals surface area contributed by atoms with Crippen molar-refractivity contribution in [1.29, 1.82) is 0 Å². The molecule has 4 heterocycles. The lowest BCUT2D eigenvalue weighted by atomic mass is 9.99. The molecule has 0 radical (unpaired) electrons. The Balaban J connectivity index is 1.78. The Labute approximate surface area is 173 Å². The second kappa shape index (κ2) is 7.82. The number of nitrogens with one attached hydrogen (secondary N) is 2. The zero-order valence-electron chi connectivity index (χ0n) is 14.7. The molecule has 0 aliphatic carbocycles. The number of hydrogen-bond acceptors (Lipinski definition) is 6. The maximum atomic E-state index is 13.7. The van der Waals surface area contributed by atoms with E-state index in [0.717, 1.165) is 0 Å². The molecule has 0 saturated carbocycles. The average molecular weight is 435 g/mol. The highest BCUT2D eigenvalue weighted by molar-refractivity contribution is 6.41. The van der Waals surface area contributed by atoms with Crippen molar-refractivity contribution in [3.63, 3.8) is 0 Å². The molecule has 0 fully saturated rings. The number of amides is 1. The third-order valence-corrected chi connectivity index (χ3v) is 4.87. The molecular formula is C19H13Cl2FN4O3. The van der Waals surface area contributed by atoms with E-state index in [9.17, 15) is 9.18 Å². The summed E-state index contributed by atoms with van der Waals surface area (Å²) in [4.78, 5) is 20.5. The lowest BCUT2D eigenvalue weighted by Gasteiger charge is -2.10. The fourth-order valence-corrected chi connectivity index (χ4v) is 3.27. The van der Waals surface area contributed by atoms with Gasteiger partial charge in [-0.05, 0) is 17.7 Å². The molecule has 10 heteroatoms. The Kier molecular flexibility index (Phi) is 5.23. The van der Waals surface area contributed by atoms with Crippen LogP contribution < -0.4 is 10.6 Å². The maximum Gasteiger partial charge on any atom is 0.260 e. The van der Waals surface area contributed by atoms with E-state index >= 15 is 0 Å². The number of benzene rings is 1. The SMILES string of the molecule is O=C(Nc1cnc(Cl)c(Cl)c1)c1c(-c2ccnc(F)c2)c2oc1cc2NCCO. The van der Waals surface area contributed by atoms with Gasteiger partial charge in [0.1, 0.15) is 10.7 Å². The summed E-state index contributed by atoms with van der Waals surface area (Å²) < 4.78 is 19.5. The number of anilines is 2. The highest BCUT2D eigenvalue weighted by Crippen LogP contribution is 2.42. The average Bonchev–Trinajstić information content (AvgIpc) is 3.27. The first-order chi connectivity index (χ1) is 14.0. The van der Waals surface area contributed by atoms with Gasteiger partial charge in [0.05, 0.1) is 34.8 Å². The Morgan fingerprint density at radius 1 is 1.24 bits per heavy atom. The van der Waals surface area contributed by atoms with Crippen LogP contribution in [0.15, 0.2) is 41.1 Å². The number of halogens is 3. The van der Waals surface area contributed by atoms with Crippen molar-refractivity contribution in [3.8, 4) is 11.1 Å². The Morgan fingerprint density at radius 2 is 2.07 bits per heavy atom. The molecule has 1 amide bonds. The first-order valence-corrected chi connectivity index (χ1v) is 9.21. The smallest absolute Gasteiger partial charge is 0.260 e. The van der Waals surface area contributed by atoms with Crippen LogP contribution in [0.4, 0.5) is 15.8 Å². The molecule has 4 aromatic heterocycles. The summed E-state index contributed by atoms with van der Waals surface area (Å²) in [5.74, 6) is -1.18. The number of carbonyl (C=O) groups excluding carboxylic acids is 1. The van der Waals surface area contributed by atoms with Gasteiger partial charge in [0.15, 0.2) is 5.58 Å². The number of pyridine rings is 2. The number of aromatic nitrogens is 2. The summed E-state index contributed by atoms with van der Waals surface area (Å²) in [5, 5.41) is 15.1. The topological polar surface area (TPSA) is 100 Å². The van der Waals surface area contributed by atoms with Crippen LogP contribution in [0.25, 0.3) is 22.3 Å². The summed E-state index contributed by atoms with van der Waals surface area (Å²) in [6.07, 6.45) is 2.67. The van der Waals surface area contributed by atoms with Crippen molar-refractivity contribution >= 4 is 51.6 Å². The molecule has 148 valence electrons. The molecule has 0 atom stereocenters. The van der Waals surface area contributed by atoms with Crippen LogP contribution in [0.3, 0.4) is 0 Å². The number of rotatable bonds is 6. The monoisotopic (exact) mass is 434 g/mol. The van der Waals surface area contributed by atoms with Crippen molar-refractivity contribution in [2.75, 3.05) is 23.8 Å². The van der Waals surface area contributed by atoms with E-state index in [0.29, 0.717) is 40.2 Å². The van der Waals surface area contributed by atoms with Crippen LogP contribution in [-0.2, 0) is 0 Å². The number of fused-ring (bicyclic) bond motifs is 2. The number of nitrogens with zero attached hydrogens (tertiary/aromatic N) is 2. The van der Waals surface area contributed by atoms with Crippen LogP contribution in [0.5, 0.6) is 0 Å². The quantitative estimate of drug-likeness (QED) is 0.388. The van der Waals surface area contributed by atoms with Crippen molar-refractivity contribution in [1.82, 2.24) is 9.97 Å². The predicted octanol–water partition coefficient (Wildman–Crippen LogP) is 4.43. The second-order valence-corrected chi connectivity index (χ2v) is 6.84. The van der Waals surface area contributed by atoms with Gasteiger partial charge in [0, 0.05) is 30.4 Å². The molecule has 7 nitrogen and oxygen atoms in total. The number of carbonyl (C=O) groups is 1. The van der Waals surface area contributed by atoms with Gasteiger partial charge in [-0.15, -0.1) is 0 Å². The van der Waals surface area contributed by atoms with Crippen molar-refractivity contribution in [2.45, 2.75) is 0 Å². The summed E-state index contributed by atoms with van der Waals surface area (Å²) in [6.45, 7) is 0.209. The van der Waals surface area contributed by atoms with Gasteiger partial charge in [-0.25, -0.2) is 9.97 Å². The van der Waals surface area contributed by atoms with Gasteiger partial charge in [0.25, 0.3) is 5.91 Å². The lowest BCUT2D eigenvalue weighted by Crippen LogP contribution is -2.13. The fourth-order valence-electron chi connectivity index (χ4n) is 3.00. The maximum absolute atomic E-state index is 13.7. The fraction of sp³-hybridized carbons (Fsp3) is 0.105. The van der Waals surface area contributed by atoms with E-state index < -0.39 is 11.9 Å². The van der Waals surface area contributed by atoms with Crippen LogP contribution >= 0.6 is 23.2 Å². The largest absolute Gasteiger partial charge is 0.454 e. The van der Waals surface area contributed by atoms with Crippen LogP contribution in [0.1, 0.15) is 10.4 Å². The molecule has 2 bridgehead atoms. The molecule has 4 aromatic rings. The Bertz CT molecular complexity index is 1200. The molecule has 3 N–H and O–H groups in total. The minimum atomic E-state index is -0.689. The van der Waals surface area contributed by atoms with E-state index in [-0.39, 0.29) is 22.3 Å². The molecule has 0 unspecified atom stereocenters. The van der Waals surface area contributed by atoms with Crippen LogP contribution in [0.2, 0.25) is 10.2 Å². The van der Waals surface area contributed by atoms with Crippen molar-refractivity contribution in [3.05, 3.63) is 58.3 Å². The Morgan fingerprint density at radius 3 is 2.79 bits per heavy atom. The molecule has 0 aliphatic heterocycles. The molecular weight excluding hydrogens is 422 g/mol. The standard InChI is InChI=1S/C19H13Cl2FN4O3/c20-11-6-10(8-25-18(11)21)26-19(28)16-13-7-12(23-3-4-27)17(29-13)15(16)9-1-2-24-14(22)5-9/h1-2,5-8,23,27H,3-4H2,(H,26,28). The van der Waals surface area contributed by atoms with Crippen LogP contribution in [0, 0.1) is 5.95 Å². The molecule has 0 saturated heterocycles. The lowest BCUT2D eigenvalue weighted by molar-refractivity contribution is 0.102. The van der Waals surface area contributed by atoms with Gasteiger partial charge in [-0.2, -0.15) is 4.39 Å². The third kappa shape index (κ3) is 3.69. The first-order valence-electron chi connectivity index (χ1n) is 8.46. The number of furan rings is 2. The van der Waals surface area contributed by atoms with Gasteiger partial charge in [-0.3, -0.25) is 4.79 Å². The number of hydrogen-bond donors (Lipinski definition) is 3. The predicted molar refractivity (Wildman–Crippen MR) is 108 cm³/mol. The molecule has 4 rings (SSSR count). The van der Waals surface area contributed by atoms with E-state index in [1.807, 2.05) is 0 Å². The van der Waals surface area contributed by atoms with E-state index in [4.69, 9.17) is 32.7 Å². The summed E-state index contributed by atoms with van der Waals surface area (Å²) in [7, 11) is 0. The van der Waals surface area contributed by atoms with E-state index in [2.05, 4.69) is 20.6 Å². The normalized spacial score (nSPS) is 11.2. The van der Waals surface area contributed by atoms with Crippen molar-refractivity contribution < 1.29 is 18.7 Å². The molecule has 0 aliphatic rings. The second-order valence-electron chi connectivity index (χ2n) is 6.07. The minimum absolute atomic E-state index is 0.0828. The number of aliphatic hydroxyl groups is 1. The van der Waals surface area contributed by atoms with E-state index in [1.54, 1.807) is 12.1 Å². The van der Waals surface area contributed by atoms with Gasteiger partial charge in [-0.1, -0.05) is 23.2 Å². The summed E-state index contributed by atoms with van der Waals surface area (Å²) in [6, 6.07) is 5.91. The summed E-state index contributed by atoms with van der Waals surface area (Å²) in [5.41, 5.74) is 2.68. The first kappa shape index (κ1) is 19.4. The zero-order valence-corrected chi connectivity index (χ0v) is 16.2. The van der Waals surface area contributed by atoms with Crippen LogP contribution in [-0.4, -0.2) is 34.1 Å². The van der Waals surface area contributed by atoms with Crippen molar-refractivity contribution in [2.24, 2.45) is 0 Å². The number of aliphatic hydroxyl groups excluding tert-OH is 1. The molecule has 0 aromatic carbocycles. The highest BCUT2D eigenvalue weighted by Gasteiger charge is 2.27. The zero-order chi connectivity index (χ0) is 20.5. The van der Waals surface area contributed by atoms with Gasteiger partial charge < -0.3 is 20.2 Å². The van der Waals surface area contributed by atoms with E-state index in [1.165, 1.54) is 24.5 Å². The molecule has 29 heavy (non-hydrogen) atoms. The molecule has 0 spiro atoms. The van der Waals surface area contributed by atoms with Gasteiger partial charge >= 0.3 is 0 Å². The summed E-state index contributed by atoms with van der Waals surface area (Å²) >= 11 is 11.8. The third-order valence-electron chi connectivity index (χ3n) is 4.18. The highest BCUT2D eigenvalue weighted by atomic mass is 35.5. The minimum Gasteiger partial charge on any atom is -0.454 e. The van der Waals surface area contributed by atoms with Gasteiger partial charge in [0.2, 0.25) is 5.95 Å². The Hall–Kier alpha value is -2.94.